The van der Waals surface area contributed by atoms with Crippen molar-refractivity contribution in [2.45, 2.75) is 55.8 Å². The summed E-state index contributed by atoms with van der Waals surface area (Å²) >= 11 is 7.59. The third-order valence-corrected chi connectivity index (χ3v) is 10.5. The molecule has 1 fully saturated rings. The number of carbonyl (C=O) groups is 1. The molecule has 5 rings (SSSR count). The fourth-order valence-electron chi connectivity index (χ4n) is 4.94. The van der Waals surface area contributed by atoms with Gasteiger partial charge in [0, 0.05) is 28.3 Å². The van der Waals surface area contributed by atoms with Crippen molar-refractivity contribution in [1.82, 2.24) is 4.98 Å². The summed E-state index contributed by atoms with van der Waals surface area (Å²) in [5.74, 6) is 0.667. The van der Waals surface area contributed by atoms with Crippen molar-refractivity contribution in [1.29, 1.82) is 5.26 Å². The van der Waals surface area contributed by atoms with E-state index in [4.69, 9.17) is 26.6 Å². The Morgan fingerprint density at radius 2 is 1.84 bits per heavy atom. The van der Waals surface area contributed by atoms with Gasteiger partial charge in [-0.15, -0.1) is 11.3 Å². The summed E-state index contributed by atoms with van der Waals surface area (Å²) in [7, 11) is -3.45. The van der Waals surface area contributed by atoms with Gasteiger partial charge in [0.25, 0.3) is 5.91 Å². The van der Waals surface area contributed by atoms with Crippen molar-refractivity contribution in [2.75, 3.05) is 17.7 Å². The molecular formula is C33H32ClN3O4S2. The van der Waals surface area contributed by atoms with Crippen molar-refractivity contribution >= 4 is 44.4 Å². The average molecular weight is 634 g/mol. The molecular weight excluding hydrogens is 602 g/mol. The molecule has 1 aliphatic rings. The fourth-order valence-corrected chi connectivity index (χ4v) is 7.25. The first kappa shape index (κ1) is 30.7. The Hall–Kier alpha value is -3.71. The maximum Gasteiger partial charge on any atom is 0.255 e. The lowest BCUT2D eigenvalue weighted by Crippen LogP contribution is -2.14. The number of nitriles is 1. The second-order valence-electron chi connectivity index (χ2n) is 10.6. The lowest BCUT2D eigenvalue weighted by molar-refractivity contribution is 0.102. The van der Waals surface area contributed by atoms with Gasteiger partial charge in [-0.25, -0.2) is 13.4 Å². The molecule has 3 aromatic carbocycles. The number of anilines is 1. The van der Waals surface area contributed by atoms with E-state index in [9.17, 15) is 13.2 Å². The number of thiazole rings is 1. The smallest absolute Gasteiger partial charge is 0.255 e. The third-order valence-electron chi connectivity index (χ3n) is 7.55. The van der Waals surface area contributed by atoms with Crippen LogP contribution >= 0.6 is 22.9 Å². The first-order valence-corrected chi connectivity index (χ1v) is 17.2. The number of carbonyl (C=O) groups excluding carboxylic acids is 1. The van der Waals surface area contributed by atoms with E-state index < -0.39 is 9.84 Å². The van der Waals surface area contributed by atoms with Crippen LogP contribution in [0.1, 0.15) is 63.8 Å². The van der Waals surface area contributed by atoms with Gasteiger partial charge in [-0.3, -0.25) is 4.79 Å². The lowest BCUT2D eigenvalue weighted by atomic mass is 9.83. The summed E-state index contributed by atoms with van der Waals surface area (Å²) < 4.78 is 31.0. The highest BCUT2D eigenvalue weighted by Crippen LogP contribution is 2.36. The third kappa shape index (κ3) is 8.23. The van der Waals surface area contributed by atoms with Crippen molar-refractivity contribution in [3.05, 3.63) is 105 Å². The zero-order valence-electron chi connectivity index (χ0n) is 23.6. The van der Waals surface area contributed by atoms with Crippen LogP contribution in [0.2, 0.25) is 5.02 Å². The number of nitrogens with one attached hydrogen (secondary N) is 1. The molecule has 1 N–H and O–H groups in total. The highest BCUT2D eigenvalue weighted by atomic mass is 35.5. The number of halogens is 1. The van der Waals surface area contributed by atoms with Gasteiger partial charge in [0.2, 0.25) is 0 Å². The SMILES string of the molecule is N#CCOc1ccc(CCCS(=O)(=O)c2ccc(Cl)cc2)cc1NC(=O)c1cccc(CCc2nc(C3CCC3)cs2)c1. The fraction of sp³-hybridized carbons (Fsp3) is 0.303. The summed E-state index contributed by atoms with van der Waals surface area (Å²) in [5.41, 5.74) is 4.04. The van der Waals surface area contributed by atoms with E-state index in [1.165, 1.54) is 37.1 Å². The summed E-state index contributed by atoms with van der Waals surface area (Å²) in [4.78, 5) is 18.3. The van der Waals surface area contributed by atoms with Crippen LogP contribution in [0.25, 0.3) is 0 Å². The van der Waals surface area contributed by atoms with E-state index in [0.717, 1.165) is 29.0 Å². The van der Waals surface area contributed by atoms with Gasteiger partial charge in [0.05, 0.1) is 27.0 Å². The van der Waals surface area contributed by atoms with E-state index in [1.807, 2.05) is 30.3 Å². The van der Waals surface area contributed by atoms with Gasteiger partial charge >= 0.3 is 0 Å². The molecule has 1 heterocycles. The van der Waals surface area contributed by atoms with Crippen LogP contribution in [-0.2, 0) is 29.1 Å². The van der Waals surface area contributed by atoms with E-state index in [-0.39, 0.29) is 23.2 Å². The summed E-state index contributed by atoms with van der Waals surface area (Å²) in [6.45, 7) is -0.170. The van der Waals surface area contributed by atoms with Crippen LogP contribution in [-0.4, -0.2) is 31.7 Å². The maximum absolute atomic E-state index is 13.3. The number of sulfone groups is 1. The number of rotatable bonds is 13. The number of nitrogens with zero attached hydrogens (tertiary/aromatic N) is 2. The Balaban J connectivity index is 1.22. The van der Waals surface area contributed by atoms with Crippen molar-refractivity contribution in [2.24, 2.45) is 0 Å². The number of benzene rings is 3. The highest BCUT2D eigenvalue weighted by molar-refractivity contribution is 7.91. The van der Waals surface area contributed by atoms with Crippen LogP contribution in [0.3, 0.4) is 0 Å². The molecule has 4 aromatic rings. The first-order valence-electron chi connectivity index (χ1n) is 14.3. The standard InChI is InChI=1S/C33H32ClN3O4S2/c34-27-11-13-28(14-12-27)43(39,40)19-3-5-24-9-15-31(41-18-17-35)29(21-24)37-33(38)26-8-1-4-23(20-26)10-16-32-36-30(22-42-32)25-6-2-7-25/h1,4,8-9,11-15,20-22,25H,2-3,5-7,10,16,18-19H2,(H,37,38). The molecule has 1 aromatic heterocycles. The monoisotopic (exact) mass is 633 g/mol. The summed E-state index contributed by atoms with van der Waals surface area (Å²) in [5, 5.41) is 15.7. The highest BCUT2D eigenvalue weighted by Gasteiger charge is 2.22. The summed E-state index contributed by atoms with van der Waals surface area (Å²) in [6, 6.07) is 20.9. The van der Waals surface area contributed by atoms with Gasteiger partial charge in [-0.05, 0) is 91.8 Å². The molecule has 10 heteroatoms. The Bertz CT molecular complexity index is 1730. The second-order valence-corrected chi connectivity index (χ2v) is 14.1. The van der Waals surface area contributed by atoms with E-state index in [0.29, 0.717) is 40.8 Å². The number of hydrogen-bond donors (Lipinski definition) is 1. The Labute approximate surface area is 261 Å². The number of aryl methyl sites for hydroxylation is 3. The molecule has 0 bridgehead atoms. The number of aromatic nitrogens is 1. The zero-order chi connectivity index (χ0) is 30.2. The van der Waals surface area contributed by atoms with Crippen LogP contribution in [0, 0.1) is 11.3 Å². The molecule has 222 valence electrons. The van der Waals surface area contributed by atoms with E-state index in [2.05, 4.69) is 10.7 Å². The number of amides is 1. The largest absolute Gasteiger partial charge is 0.477 e. The maximum atomic E-state index is 13.3. The first-order chi connectivity index (χ1) is 20.8. The molecule has 43 heavy (non-hydrogen) atoms. The molecule has 0 spiro atoms. The minimum absolute atomic E-state index is 0.0291. The van der Waals surface area contributed by atoms with Crippen molar-refractivity contribution in [3.8, 4) is 11.8 Å². The molecule has 0 unspecified atom stereocenters. The Morgan fingerprint density at radius 1 is 1.05 bits per heavy atom. The van der Waals surface area contributed by atoms with Gasteiger partial charge in [0.15, 0.2) is 16.4 Å². The zero-order valence-corrected chi connectivity index (χ0v) is 26.0. The lowest BCUT2D eigenvalue weighted by Gasteiger charge is -2.22. The minimum Gasteiger partial charge on any atom is -0.477 e. The molecule has 0 aliphatic heterocycles. The molecule has 1 aliphatic carbocycles. The molecule has 0 saturated heterocycles. The molecule has 1 saturated carbocycles. The Kier molecular flexibility index (Phi) is 10.1. The minimum atomic E-state index is -3.45. The Morgan fingerprint density at radius 3 is 2.58 bits per heavy atom. The van der Waals surface area contributed by atoms with E-state index in [1.54, 1.807) is 41.7 Å². The predicted octanol–water partition coefficient (Wildman–Crippen LogP) is 7.41. The molecule has 1 amide bonds. The van der Waals surface area contributed by atoms with E-state index >= 15 is 0 Å². The van der Waals surface area contributed by atoms with Crippen molar-refractivity contribution in [3.63, 3.8) is 0 Å². The topological polar surface area (TPSA) is 109 Å². The van der Waals surface area contributed by atoms with Crippen LogP contribution < -0.4 is 10.1 Å². The normalized spacial score (nSPS) is 13.2. The molecule has 7 nitrogen and oxygen atoms in total. The van der Waals surface area contributed by atoms with Gasteiger partial charge in [0.1, 0.15) is 11.8 Å². The number of ether oxygens (including phenoxy) is 1. The van der Waals surface area contributed by atoms with Crippen LogP contribution in [0.15, 0.2) is 77.0 Å². The summed E-state index contributed by atoms with van der Waals surface area (Å²) in [6.07, 6.45) is 6.23. The van der Waals surface area contributed by atoms with Gasteiger partial charge in [-0.2, -0.15) is 5.26 Å². The molecule has 0 atom stereocenters. The quantitative estimate of drug-likeness (QED) is 0.164. The molecule has 0 radical (unpaired) electrons. The average Bonchev–Trinajstić information content (AvgIpc) is 3.43. The van der Waals surface area contributed by atoms with Gasteiger partial charge in [-0.1, -0.05) is 36.2 Å². The predicted molar refractivity (Wildman–Crippen MR) is 170 cm³/mol. The van der Waals surface area contributed by atoms with Gasteiger partial charge < -0.3 is 10.1 Å². The second kappa shape index (κ2) is 14.2. The van der Waals surface area contributed by atoms with Crippen LogP contribution in [0.4, 0.5) is 5.69 Å². The number of hydrogen-bond acceptors (Lipinski definition) is 7. The van der Waals surface area contributed by atoms with Crippen molar-refractivity contribution < 1.29 is 17.9 Å². The van der Waals surface area contributed by atoms with Crippen LogP contribution in [0.5, 0.6) is 5.75 Å².